The van der Waals surface area contributed by atoms with E-state index in [0.717, 1.165) is 20.2 Å². The van der Waals surface area contributed by atoms with Crippen molar-refractivity contribution in [2.45, 2.75) is 33.1 Å². The van der Waals surface area contributed by atoms with E-state index >= 15 is 0 Å². The molecule has 0 bridgehead atoms. The molecule has 3 aromatic rings. The van der Waals surface area contributed by atoms with Crippen LogP contribution in [0.15, 0.2) is 63.7 Å². The third kappa shape index (κ3) is 8.07. The molecule has 4 heterocycles. The third-order valence-electron chi connectivity index (χ3n) is 5.24. The topological polar surface area (TPSA) is 123 Å². The number of carbonyl (C=O) groups is 4. The fourth-order valence-electron chi connectivity index (χ4n) is 3.66. The molecule has 1 aliphatic carbocycles. The maximum Gasteiger partial charge on any atom is 0.306 e. The molecule has 8 nitrogen and oxygen atoms in total. The van der Waals surface area contributed by atoms with Crippen LogP contribution in [0, 0.1) is 11.3 Å². The Kier molecular flexibility index (Phi) is 11.4. The molecule has 0 spiro atoms. The number of fused-ring (bicyclic) bond motifs is 1. The molecular formula is C28H26N2O6S3. The van der Waals surface area contributed by atoms with Crippen LogP contribution in [0.5, 0.6) is 0 Å². The molecule has 1 aliphatic heterocycles. The Labute approximate surface area is 238 Å². The number of rotatable bonds is 7. The summed E-state index contributed by atoms with van der Waals surface area (Å²) in [6, 6.07) is 13.4. The van der Waals surface area contributed by atoms with Crippen LogP contribution in [0.25, 0.3) is 11.3 Å². The number of hydrogen-bond donors (Lipinski definition) is 1. The van der Waals surface area contributed by atoms with Gasteiger partial charge in [-0.25, -0.2) is 0 Å². The van der Waals surface area contributed by atoms with Crippen molar-refractivity contribution in [2.24, 2.45) is 0 Å². The maximum absolute atomic E-state index is 12.3. The first-order valence-corrected chi connectivity index (χ1v) is 14.7. The SMILES string of the molecule is CCOC(=O)CCC(=O)OCC.N#Cc1cccs1.O=C1CC(c2cccs2)=C2C(=O)NC(c3cccs3)=C12. The number of hydrogen-bond acceptors (Lipinski definition) is 10. The number of amides is 1. The number of esters is 2. The van der Waals surface area contributed by atoms with E-state index in [0.29, 0.717) is 36.5 Å². The van der Waals surface area contributed by atoms with Gasteiger partial charge in [-0.2, -0.15) is 5.26 Å². The summed E-state index contributed by atoms with van der Waals surface area (Å²) < 4.78 is 9.25. The molecule has 202 valence electrons. The molecule has 0 atom stereocenters. The number of carbonyl (C=O) groups excluding carboxylic acids is 4. The Bertz CT molecular complexity index is 1310. The molecule has 39 heavy (non-hydrogen) atoms. The lowest BCUT2D eigenvalue weighted by Crippen LogP contribution is -2.16. The molecule has 0 saturated heterocycles. The first-order chi connectivity index (χ1) is 18.9. The minimum absolute atomic E-state index is 0.0325. The highest BCUT2D eigenvalue weighted by Crippen LogP contribution is 2.43. The fraction of sp³-hybridized carbons (Fsp3) is 0.250. The highest BCUT2D eigenvalue weighted by Gasteiger charge is 2.40. The summed E-state index contributed by atoms with van der Waals surface area (Å²) in [5.41, 5.74) is 2.68. The second-order valence-electron chi connectivity index (χ2n) is 7.81. The number of ketones is 1. The predicted molar refractivity (Wildman–Crippen MR) is 152 cm³/mol. The summed E-state index contributed by atoms with van der Waals surface area (Å²) in [6.07, 6.45) is 0.535. The van der Waals surface area contributed by atoms with Gasteiger partial charge in [0.05, 0.1) is 47.8 Å². The molecule has 0 radical (unpaired) electrons. The predicted octanol–water partition coefficient (Wildman–Crippen LogP) is 5.59. The van der Waals surface area contributed by atoms with Crippen molar-refractivity contribution >= 4 is 68.9 Å². The molecule has 1 N–H and O–H groups in total. The zero-order valence-electron chi connectivity index (χ0n) is 21.4. The summed E-state index contributed by atoms with van der Waals surface area (Å²) in [7, 11) is 0. The van der Waals surface area contributed by atoms with Gasteiger partial charge in [0.2, 0.25) is 0 Å². The number of nitrogens with one attached hydrogen (secondary N) is 1. The number of thiophene rings is 3. The van der Waals surface area contributed by atoms with Gasteiger partial charge in [-0.1, -0.05) is 18.2 Å². The number of Topliss-reactive ketones (excluding diaryl/α,β-unsaturated/α-hetero) is 1. The molecule has 0 saturated carbocycles. The first-order valence-electron chi connectivity index (χ1n) is 12.0. The van der Waals surface area contributed by atoms with Crippen molar-refractivity contribution in [1.29, 1.82) is 5.26 Å². The molecule has 5 rings (SSSR count). The van der Waals surface area contributed by atoms with Crippen molar-refractivity contribution in [2.75, 3.05) is 13.2 Å². The molecule has 3 aromatic heterocycles. The lowest BCUT2D eigenvalue weighted by Gasteiger charge is -2.02. The van der Waals surface area contributed by atoms with Crippen molar-refractivity contribution in [3.05, 3.63) is 78.3 Å². The molecular weight excluding hydrogens is 557 g/mol. The lowest BCUT2D eigenvalue weighted by molar-refractivity contribution is -0.149. The van der Waals surface area contributed by atoms with Crippen LogP contribution >= 0.6 is 34.0 Å². The maximum atomic E-state index is 12.3. The Balaban J connectivity index is 0.000000188. The molecule has 2 aliphatic rings. The van der Waals surface area contributed by atoms with Gasteiger partial charge in [0.1, 0.15) is 10.9 Å². The minimum atomic E-state index is -0.356. The van der Waals surface area contributed by atoms with Gasteiger partial charge in [-0.05, 0) is 53.8 Å². The number of nitriles is 1. The van der Waals surface area contributed by atoms with Gasteiger partial charge < -0.3 is 14.8 Å². The highest BCUT2D eigenvalue weighted by atomic mass is 32.1. The van der Waals surface area contributed by atoms with E-state index in [2.05, 4.69) is 14.8 Å². The second-order valence-corrected chi connectivity index (χ2v) is 10.7. The quantitative estimate of drug-likeness (QED) is 0.360. The Morgan fingerprint density at radius 2 is 1.44 bits per heavy atom. The van der Waals surface area contributed by atoms with E-state index in [4.69, 9.17) is 5.26 Å². The van der Waals surface area contributed by atoms with Crippen molar-refractivity contribution in [1.82, 2.24) is 5.32 Å². The summed E-state index contributed by atoms with van der Waals surface area (Å²) in [5, 5.41) is 16.8. The molecule has 11 heteroatoms. The Hall–Kier alpha value is -3.85. The zero-order chi connectivity index (χ0) is 28.2. The minimum Gasteiger partial charge on any atom is -0.466 e. The first kappa shape index (κ1) is 29.7. The van der Waals surface area contributed by atoms with Crippen LogP contribution in [-0.4, -0.2) is 36.8 Å². The summed E-state index contributed by atoms with van der Waals surface area (Å²) in [5.74, 6) is -0.834. The highest BCUT2D eigenvalue weighted by molar-refractivity contribution is 7.11. The van der Waals surface area contributed by atoms with E-state index in [-0.39, 0.29) is 36.5 Å². The zero-order valence-corrected chi connectivity index (χ0v) is 23.8. The van der Waals surface area contributed by atoms with Crippen LogP contribution in [0.3, 0.4) is 0 Å². The normalized spacial score (nSPS) is 13.5. The molecule has 0 fully saturated rings. The van der Waals surface area contributed by atoms with Gasteiger partial charge in [0, 0.05) is 11.3 Å². The Morgan fingerprint density at radius 3 is 1.90 bits per heavy atom. The van der Waals surface area contributed by atoms with Crippen LogP contribution in [-0.2, 0) is 28.7 Å². The van der Waals surface area contributed by atoms with E-state index in [9.17, 15) is 19.2 Å². The molecule has 0 unspecified atom stereocenters. The second kappa shape index (κ2) is 14.9. The third-order valence-corrected chi connectivity index (χ3v) is 7.84. The van der Waals surface area contributed by atoms with E-state index in [1.165, 1.54) is 22.7 Å². The molecule has 0 aromatic carbocycles. The lowest BCUT2D eigenvalue weighted by atomic mass is 10.1. The fourth-order valence-corrected chi connectivity index (χ4v) is 5.68. The summed E-state index contributed by atoms with van der Waals surface area (Å²) in [6.45, 7) is 4.15. The smallest absolute Gasteiger partial charge is 0.306 e. The average molecular weight is 583 g/mol. The van der Waals surface area contributed by atoms with Crippen LogP contribution in [0.4, 0.5) is 0 Å². The van der Waals surface area contributed by atoms with Gasteiger partial charge in [0.15, 0.2) is 5.78 Å². The summed E-state index contributed by atoms with van der Waals surface area (Å²) in [4.78, 5) is 48.8. The van der Waals surface area contributed by atoms with E-state index < -0.39 is 0 Å². The van der Waals surface area contributed by atoms with E-state index in [1.54, 1.807) is 31.3 Å². The number of nitrogens with zero attached hydrogens (tertiary/aromatic N) is 1. The average Bonchev–Trinajstić information content (AvgIpc) is 3.75. The number of allylic oxidation sites excluding steroid dienone is 1. The largest absolute Gasteiger partial charge is 0.466 e. The monoisotopic (exact) mass is 582 g/mol. The van der Waals surface area contributed by atoms with Crippen LogP contribution in [0.1, 0.15) is 47.7 Å². The summed E-state index contributed by atoms with van der Waals surface area (Å²) >= 11 is 4.55. The van der Waals surface area contributed by atoms with E-state index in [1.807, 2.05) is 52.5 Å². The standard InChI is InChI=1S/C15H9NO2S2.C8H14O4.C5H3NS/c17-9-7-8(10-3-1-5-19-10)12-13(9)14(16-15(12)18)11-4-2-6-20-11;1-3-11-7(9)5-6-8(10)12-4-2;6-4-5-2-1-3-7-5/h1-6H,7H2,(H,16,18);3-6H2,1-2H3;1-3H. The van der Waals surface area contributed by atoms with Gasteiger partial charge >= 0.3 is 11.9 Å². The van der Waals surface area contributed by atoms with Crippen LogP contribution < -0.4 is 5.32 Å². The Morgan fingerprint density at radius 1 is 0.872 bits per heavy atom. The van der Waals surface area contributed by atoms with Crippen molar-refractivity contribution < 1.29 is 28.7 Å². The van der Waals surface area contributed by atoms with Gasteiger partial charge in [-0.3, -0.25) is 19.2 Å². The van der Waals surface area contributed by atoms with Crippen LogP contribution in [0.2, 0.25) is 0 Å². The van der Waals surface area contributed by atoms with Crippen molar-refractivity contribution in [3.63, 3.8) is 0 Å². The number of ether oxygens (including phenoxy) is 2. The van der Waals surface area contributed by atoms with Gasteiger partial charge in [-0.15, -0.1) is 34.0 Å². The van der Waals surface area contributed by atoms with Crippen molar-refractivity contribution in [3.8, 4) is 6.07 Å². The van der Waals surface area contributed by atoms with Gasteiger partial charge in [0.25, 0.3) is 5.91 Å². The molecule has 1 amide bonds.